The number of aryl methyl sites for hydroxylation is 1. The summed E-state index contributed by atoms with van der Waals surface area (Å²) in [6, 6.07) is 12.0. The first-order valence-corrected chi connectivity index (χ1v) is 7.91. The highest BCUT2D eigenvalue weighted by Crippen LogP contribution is 2.34. The van der Waals surface area contributed by atoms with Gasteiger partial charge >= 0.3 is 0 Å². The Morgan fingerprint density at radius 3 is 2.25 bits per heavy atom. The van der Waals surface area contributed by atoms with Gasteiger partial charge in [-0.3, -0.25) is 14.4 Å². The summed E-state index contributed by atoms with van der Waals surface area (Å²) in [5.74, 6) is -0.876. The van der Waals surface area contributed by atoms with Gasteiger partial charge in [-0.15, -0.1) is 0 Å². The zero-order valence-electron chi connectivity index (χ0n) is 13.6. The molecular weight excluding hydrogens is 304 g/mol. The second-order valence-electron chi connectivity index (χ2n) is 5.81. The monoisotopic (exact) mass is 322 g/mol. The van der Waals surface area contributed by atoms with E-state index in [1.807, 2.05) is 19.9 Å². The van der Waals surface area contributed by atoms with Crippen molar-refractivity contribution in [2.24, 2.45) is 0 Å². The molecule has 24 heavy (non-hydrogen) atoms. The molecule has 0 spiro atoms. The molecule has 0 bridgehead atoms. The standard InChI is InChI=1S/C19H18N2O3/c1-3-6-17(22)20-15-10-9-12(2)11-16(15)21-18(23)13-7-4-5-8-14(13)19(21)24/h4-5,7-11H,3,6H2,1-2H3,(H,20,22). The fourth-order valence-electron chi connectivity index (χ4n) is 2.78. The number of rotatable bonds is 4. The third-order valence-electron chi connectivity index (χ3n) is 3.94. The molecule has 0 aromatic heterocycles. The molecule has 0 fully saturated rings. The predicted octanol–water partition coefficient (Wildman–Crippen LogP) is 3.53. The highest BCUT2D eigenvalue weighted by molar-refractivity contribution is 6.35. The molecule has 0 radical (unpaired) electrons. The molecule has 3 rings (SSSR count). The number of hydrogen-bond acceptors (Lipinski definition) is 3. The Labute approximate surface area is 140 Å². The molecule has 0 atom stereocenters. The van der Waals surface area contributed by atoms with Crippen LogP contribution in [0.3, 0.4) is 0 Å². The lowest BCUT2D eigenvalue weighted by Gasteiger charge is -2.19. The van der Waals surface area contributed by atoms with Crippen molar-refractivity contribution in [1.82, 2.24) is 0 Å². The van der Waals surface area contributed by atoms with E-state index in [2.05, 4.69) is 5.32 Å². The first kappa shape index (κ1) is 15.9. The lowest BCUT2D eigenvalue weighted by molar-refractivity contribution is -0.116. The van der Waals surface area contributed by atoms with Gasteiger partial charge in [0.2, 0.25) is 5.91 Å². The Kier molecular flexibility index (Phi) is 4.16. The van der Waals surface area contributed by atoms with Crippen LogP contribution in [-0.2, 0) is 4.79 Å². The number of imide groups is 1. The van der Waals surface area contributed by atoms with Gasteiger partial charge in [0.1, 0.15) is 0 Å². The van der Waals surface area contributed by atoms with Crippen LogP contribution in [0.1, 0.15) is 46.0 Å². The van der Waals surface area contributed by atoms with E-state index >= 15 is 0 Å². The molecule has 122 valence electrons. The number of carbonyl (C=O) groups is 3. The number of hydrogen-bond donors (Lipinski definition) is 1. The number of anilines is 2. The molecule has 3 amide bonds. The maximum Gasteiger partial charge on any atom is 0.266 e. The van der Waals surface area contributed by atoms with E-state index in [-0.39, 0.29) is 17.7 Å². The van der Waals surface area contributed by atoms with Gasteiger partial charge < -0.3 is 5.32 Å². The number of carbonyl (C=O) groups excluding carboxylic acids is 3. The molecule has 1 aliphatic rings. The maximum absolute atomic E-state index is 12.7. The molecular formula is C19H18N2O3. The normalized spacial score (nSPS) is 13.2. The van der Waals surface area contributed by atoms with Crippen LogP contribution in [0.2, 0.25) is 0 Å². The average molecular weight is 322 g/mol. The van der Waals surface area contributed by atoms with Crippen LogP contribution in [-0.4, -0.2) is 17.7 Å². The molecule has 2 aromatic rings. The summed E-state index contributed by atoms with van der Waals surface area (Å²) in [6.07, 6.45) is 1.11. The van der Waals surface area contributed by atoms with Crippen molar-refractivity contribution in [1.29, 1.82) is 0 Å². The molecule has 0 aliphatic carbocycles. The van der Waals surface area contributed by atoms with Crippen LogP contribution in [0.5, 0.6) is 0 Å². The summed E-state index contributed by atoms with van der Waals surface area (Å²) < 4.78 is 0. The average Bonchev–Trinajstić information content (AvgIpc) is 2.81. The Hall–Kier alpha value is -2.95. The van der Waals surface area contributed by atoms with Crippen molar-refractivity contribution in [2.75, 3.05) is 10.2 Å². The lowest BCUT2D eigenvalue weighted by Crippen LogP contribution is -2.30. The Morgan fingerprint density at radius 1 is 1.04 bits per heavy atom. The first-order valence-electron chi connectivity index (χ1n) is 7.91. The second kappa shape index (κ2) is 6.28. The van der Waals surface area contributed by atoms with Gasteiger partial charge in [0.25, 0.3) is 11.8 Å². The molecule has 2 aromatic carbocycles. The van der Waals surface area contributed by atoms with E-state index in [0.29, 0.717) is 28.9 Å². The van der Waals surface area contributed by atoms with Gasteiger partial charge in [0.15, 0.2) is 0 Å². The largest absolute Gasteiger partial charge is 0.324 e. The second-order valence-corrected chi connectivity index (χ2v) is 5.81. The van der Waals surface area contributed by atoms with Crippen LogP contribution < -0.4 is 10.2 Å². The number of amides is 3. The van der Waals surface area contributed by atoms with Gasteiger partial charge in [0.05, 0.1) is 22.5 Å². The summed E-state index contributed by atoms with van der Waals surface area (Å²) in [7, 11) is 0. The quantitative estimate of drug-likeness (QED) is 0.876. The zero-order valence-corrected chi connectivity index (χ0v) is 13.6. The Balaban J connectivity index is 2.04. The highest BCUT2D eigenvalue weighted by atomic mass is 16.2. The van der Waals surface area contributed by atoms with E-state index in [4.69, 9.17) is 0 Å². The molecule has 1 heterocycles. The SMILES string of the molecule is CCCC(=O)Nc1ccc(C)cc1N1C(=O)c2ccccc2C1=O. The van der Waals surface area contributed by atoms with Crippen LogP contribution >= 0.6 is 0 Å². The summed E-state index contributed by atoms with van der Waals surface area (Å²) in [4.78, 5) is 38.4. The lowest BCUT2D eigenvalue weighted by atomic mass is 10.1. The van der Waals surface area contributed by atoms with Crippen molar-refractivity contribution < 1.29 is 14.4 Å². The fourth-order valence-corrected chi connectivity index (χ4v) is 2.78. The van der Waals surface area contributed by atoms with Crippen molar-refractivity contribution in [2.45, 2.75) is 26.7 Å². The van der Waals surface area contributed by atoms with E-state index in [0.717, 1.165) is 16.9 Å². The molecule has 1 N–H and O–H groups in total. The summed E-state index contributed by atoms with van der Waals surface area (Å²) in [6.45, 7) is 3.79. The van der Waals surface area contributed by atoms with Crippen molar-refractivity contribution in [3.05, 3.63) is 59.2 Å². The third-order valence-corrected chi connectivity index (χ3v) is 3.94. The highest BCUT2D eigenvalue weighted by Gasteiger charge is 2.37. The zero-order chi connectivity index (χ0) is 17.3. The molecule has 1 aliphatic heterocycles. The number of nitrogens with one attached hydrogen (secondary N) is 1. The van der Waals surface area contributed by atoms with E-state index in [1.165, 1.54) is 0 Å². The maximum atomic E-state index is 12.7. The minimum absolute atomic E-state index is 0.140. The summed E-state index contributed by atoms with van der Waals surface area (Å²) in [5.41, 5.74) is 2.54. The van der Waals surface area contributed by atoms with Crippen molar-refractivity contribution in [3.8, 4) is 0 Å². The summed E-state index contributed by atoms with van der Waals surface area (Å²) in [5, 5.41) is 2.80. The minimum Gasteiger partial charge on any atom is -0.324 e. The van der Waals surface area contributed by atoms with Gasteiger partial charge in [-0.25, -0.2) is 4.90 Å². The van der Waals surface area contributed by atoms with Crippen LogP contribution in [0, 0.1) is 6.92 Å². The van der Waals surface area contributed by atoms with Gasteiger partial charge in [-0.05, 0) is 43.2 Å². The van der Waals surface area contributed by atoms with Crippen LogP contribution in [0.4, 0.5) is 11.4 Å². The molecule has 5 heteroatoms. The minimum atomic E-state index is -0.368. The van der Waals surface area contributed by atoms with Crippen molar-refractivity contribution >= 4 is 29.1 Å². The number of nitrogens with zero attached hydrogens (tertiary/aromatic N) is 1. The van der Waals surface area contributed by atoms with Gasteiger partial charge in [-0.1, -0.05) is 25.1 Å². The molecule has 0 unspecified atom stereocenters. The predicted molar refractivity (Wildman–Crippen MR) is 92.3 cm³/mol. The summed E-state index contributed by atoms with van der Waals surface area (Å²) >= 11 is 0. The van der Waals surface area contributed by atoms with Gasteiger partial charge in [0, 0.05) is 6.42 Å². The molecule has 5 nitrogen and oxygen atoms in total. The Morgan fingerprint density at radius 2 is 1.67 bits per heavy atom. The van der Waals surface area contributed by atoms with E-state index < -0.39 is 0 Å². The topological polar surface area (TPSA) is 66.5 Å². The van der Waals surface area contributed by atoms with Crippen LogP contribution in [0.25, 0.3) is 0 Å². The van der Waals surface area contributed by atoms with Crippen molar-refractivity contribution in [3.63, 3.8) is 0 Å². The molecule has 0 saturated heterocycles. The Bertz CT molecular complexity index is 807. The van der Waals surface area contributed by atoms with E-state index in [1.54, 1.807) is 36.4 Å². The number of benzene rings is 2. The van der Waals surface area contributed by atoms with Crippen LogP contribution in [0.15, 0.2) is 42.5 Å². The smallest absolute Gasteiger partial charge is 0.266 e. The fraction of sp³-hybridized carbons (Fsp3) is 0.211. The van der Waals surface area contributed by atoms with E-state index in [9.17, 15) is 14.4 Å². The van der Waals surface area contributed by atoms with Gasteiger partial charge in [-0.2, -0.15) is 0 Å². The third kappa shape index (κ3) is 2.69. The first-order chi connectivity index (χ1) is 11.5. The number of fused-ring (bicyclic) bond motifs is 1. The molecule has 0 saturated carbocycles.